The molecule has 0 radical (unpaired) electrons. The number of nitrogens with zero attached hydrogens (tertiary/aromatic N) is 1. The van der Waals surface area contributed by atoms with Crippen LogP contribution in [0.15, 0.2) is 24.3 Å². The van der Waals surface area contributed by atoms with Gasteiger partial charge in [0.05, 0.1) is 5.94 Å². The van der Waals surface area contributed by atoms with Crippen LogP contribution in [0.2, 0.25) is 0 Å². The summed E-state index contributed by atoms with van der Waals surface area (Å²) in [7, 11) is -1.68. The zero-order valence-corrected chi connectivity index (χ0v) is 19.1. The van der Waals surface area contributed by atoms with Crippen molar-refractivity contribution in [1.82, 2.24) is 10.6 Å². The Morgan fingerprint density at radius 2 is 1.81 bits per heavy atom. The Morgan fingerprint density at radius 1 is 1.19 bits per heavy atom. The van der Waals surface area contributed by atoms with Crippen molar-refractivity contribution in [3.05, 3.63) is 30.1 Å². The van der Waals surface area contributed by atoms with Crippen LogP contribution in [0.25, 0.3) is 0 Å². The summed E-state index contributed by atoms with van der Waals surface area (Å²) < 4.78 is 13.2. The van der Waals surface area contributed by atoms with Gasteiger partial charge in [0.15, 0.2) is 0 Å². The maximum absolute atomic E-state index is 13.2. The van der Waals surface area contributed by atoms with E-state index in [1.807, 2.05) is 39.5 Å². The Bertz CT molecular complexity index is 752. The molecule has 1 heterocycles. The summed E-state index contributed by atoms with van der Waals surface area (Å²) in [6.45, 7) is 10.4. The molecule has 1 aliphatic heterocycles. The van der Waals surface area contributed by atoms with Crippen molar-refractivity contribution in [3.63, 3.8) is 0 Å². The average molecular weight is 435 g/mol. The number of halogens is 1. The van der Waals surface area contributed by atoms with E-state index < -0.39 is 31.1 Å². The number of hydrogen-bond acceptors (Lipinski definition) is 5. The van der Waals surface area contributed by atoms with Crippen LogP contribution < -0.4 is 15.5 Å². The molecule has 1 aromatic rings. The van der Waals surface area contributed by atoms with Gasteiger partial charge in [-0.1, -0.05) is 34.6 Å². The van der Waals surface area contributed by atoms with Gasteiger partial charge in [0.25, 0.3) is 0 Å². The molecule has 31 heavy (non-hydrogen) atoms. The number of amides is 2. The summed E-state index contributed by atoms with van der Waals surface area (Å²) in [5.74, 6) is -1.71. The average Bonchev–Trinajstić information content (AvgIpc) is 2.59. The molecule has 0 spiro atoms. The molecular formula is C22H35BFN3O4. The maximum Gasteiger partial charge on any atom is 0.475 e. The molecule has 2 rings (SSSR count). The molecule has 2 amide bonds. The summed E-state index contributed by atoms with van der Waals surface area (Å²) in [4.78, 5) is 27.8. The van der Waals surface area contributed by atoms with Crippen molar-refractivity contribution in [2.45, 2.75) is 71.9 Å². The van der Waals surface area contributed by atoms with Gasteiger partial charge in [-0.05, 0) is 54.9 Å². The van der Waals surface area contributed by atoms with E-state index in [2.05, 4.69) is 10.6 Å². The lowest BCUT2D eigenvalue weighted by atomic mass is 9.74. The highest BCUT2D eigenvalue weighted by atomic mass is 19.1. The van der Waals surface area contributed by atoms with Gasteiger partial charge in [0.1, 0.15) is 17.9 Å². The standard InChI is InChI=1S/C22H35BFN3O4/c1-14(2)12-19(23(30)31)26-20(28)17(13-22(3,4)5)25-21(29)18-10-11-27(18)16-8-6-15(24)7-9-16/h6-9,14,17-19,30-31H,10-13H2,1-5H3,(H,25,29)(H,26,28)/t17-,18-,19+/m0/s1. The van der Waals surface area contributed by atoms with Crippen LogP contribution in [-0.4, -0.2) is 53.6 Å². The number of hydrogen-bond donors (Lipinski definition) is 4. The third kappa shape index (κ3) is 7.50. The molecule has 1 aliphatic rings. The molecule has 0 aliphatic carbocycles. The van der Waals surface area contributed by atoms with E-state index >= 15 is 0 Å². The largest absolute Gasteiger partial charge is 0.475 e. The van der Waals surface area contributed by atoms with Crippen LogP contribution in [-0.2, 0) is 9.59 Å². The molecule has 4 N–H and O–H groups in total. The predicted molar refractivity (Wildman–Crippen MR) is 120 cm³/mol. The Morgan fingerprint density at radius 3 is 2.26 bits per heavy atom. The Balaban J connectivity index is 2.09. The van der Waals surface area contributed by atoms with Crippen molar-refractivity contribution in [3.8, 4) is 0 Å². The Labute approximate surface area is 184 Å². The van der Waals surface area contributed by atoms with Gasteiger partial charge in [-0.2, -0.15) is 0 Å². The monoisotopic (exact) mass is 435 g/mol. The van der Waals surface area contributed by atoms with Crippen molar-refractivity contribution < 1.29 is 24.0 Å². The second kappa shape index (κ2) is 10.5. The van der Waals surface area contributed by atoms with E-state index in [0.717, 1.165) is 5.69 Å². The van der Waals surface area contributed by atoms with Gasteiger partial charge >= 0.3 is 7.12 Å². The zero-order valence-electron chi connectivity index (χ0n) is 19.1. The van der Waals surface area contributed by atoms with E-state index in [1.54, 1.807) is 12.1 Å². The van der Waals surface area contributed by atoms with Crippen LogP contribution >= 0.6 is 0 Å². The molecule has 172 valence electrons. The molecule has 0 saturated carbocycles. The number of carbonyl (C=O) groups is 2. The first-order valence-corrected chi connectivity index (χ1v) is 10.9. The quantitative estimate of drug-likeness (QED) is 0.444. The topological polar surface area (TPSA) is 102 Å². The lowest BCUT2D eigenvalue weighted by Gasteiger charge is -2.42. The molecule has 3 atom stereocenters. The second-order valence-corrected chi connectivity index (χ2v) is 9.96. The lowest BCUT2D eigenvalue weighted by Crippen LogP contribution is -2.61. The molecule has 0 unspecified atom stereocenters. The van der Waals surface area contributed by atoms with E-state index in [0.29, 0.717) is 25.8 Å². The van der Waals surface area contributed by atoms with Gasteiger partial charge < -0.3 is 25.6 Å². The normalized spacial score (nSPS) is 18.2. The predicted octanol–water partition coefficient (Wildman–Crippen LogP) is 1.87. The minimum atomic E-state index is -1.68. The van der Waals surface area contributed by atoms with Crippen LogP contribution in [0.3, 0.4) is 0 Å². The van der Waals surface area contributed by atoms with E-state index in [9.17, 15) is 24.0 Å². The summed E-state index contributed by atoms with van der Waals surface area (Å²) in [5, 5.41) is 24.8. The Hall–Kier alpha value is -2.13. The van der Waals surface area contributed by atoms with Gasteiger partial charge in [0, 0.05) is 12.2 Å². The van der Waals surface area contributed by atoms with Crippen LogP contribution in [0.5, 0.6) is 0 Å². The molecule has 0 bridgehead atoms. The highest BCUT2D eigenvalue weighted by molar-refractivity contribution is 6.43. The fraction of sp³-hybridized carbons (Fsp3) is 0.636. The number of nitrogens with one attached hydrogen (secondary N) is 2. The summed E-state index contributed by atoms with van der Waals surface area (Å²) in [6.07, 6.45) is 1.43. The molecule has 9 heteroatoms. The van der Waals surface area contributed by atoms with E-state index in [4.69, 9.17) is 0 Å². The smallest absolute Gasteiger partial charge is 0.426 e. The first-order chi connectivity index (χ1) is 14.4. The fourth-order valence-corrected chi connectivity index (χ4v) is 3.74. The highest BCUT2D eigenvalue weighted by Gasteiger charge is 2.38. The summed E-state index contributed by atoms with van der Waals surface area (Å²) in [5.41, 5.74) is 0.515. The number of anilines is 1. The van der Waals surface area contributed by atoms with Gasteiger partial charge in [0.2, 0.25) is 11.8 Å². The van der Waals surface area contributed by atoms with E-state index in [1.165, 1.54) is 12.1 Å². The minimum Gasteiger partial charge on any atom is -0.426 e. The maximum atomic E-state index is 13.2. The number of benzene rings is 1. The van der Waals surface area contributed by atoms with Crippen LogP contribution in [0, 0.1) is 17.2 Å². The SMILES string of the molecule is CC(C)C[C@@H](NC(=O)[C@H](CC(C)(C)C)NC(=O)[C@@H]1CCN1c1ccc(F)cc1)B(O)O. The molecule has 1 saturated heterocycles. The molecular weight excluding hydrogens is 400 g/mol. The van der Waals surface area contributed by atoms with Crippen molar-refractivity contribution in [2.75, 3.05) is 11.4 Å². The summed E-state index contributed by atoms with van der Waals surface area (Å²) >= 11 is 0. The van der Waals surface area contributed by atoms with E-state index in [-0.39, 0.29) is 23.1 Å². The Kier molecular flexibility index (Phi) is 8.48. The number of carbonyl (C=O) groups excluding carboxylic acids is 2. The molecule has 1 aromatic carbocycles. The van der Waals surface area contributed by atoms with Crippen molar-refractivity contribution >= 4 is 24.6 Å². The summed E-state index contributed by atoms with van der Waals surface area (Å²) in [6, 6.07) is 4.73. The van der Waals surface area contributed by atoms with Crippen LogP contribution in [0.1, 0.15) is 53.9 Å². The molecule has 1 fully saturated rings. The third-order valence-electron chi connectivity index (χ3n) is 5.34. The van der Waals surface area contributed by atoms with Crippen molar-refractivity contribution in [1.29, 1.82) is 0 Å². The minimum absolute atomic E-state index is 0.155. The molecule has 0 aromatic heterocycles. The first-order valence-electron chi connectivity index (χ1n) is 10.9. The number of rotatable bonds is 9. The lowest BCUT2D eigenvalue weighted by molar-refractivity contribution is -0.131. The zero-order chi connectivity index (χ0) is 23.3. The molecule has 7 nitrogen and oxygen atoms in total. The first kappa shape index (κ1) is 25.1. The van der Waals surface area contributed by atoms with Crippen LogP contribution in [0.4, 0.5) is 10.1 Å². The van der Waals surface area contributed by atoms with Gasteiger partial charge in [-0.25, -0.2) is 4.39 Å². The van der Waals surface area contributed by atoms with Gasteiger partial charge in [-0.3, -0.25) is 9.59 Å². The highest BCUT2D eigenvalue weighted by Crippen LogP contribution is 2.27. The second-order valence-electron chi connectivity index (χ2n) is 9.96. The third-order valence-corrected chi connectivity index (χ3v) is 5.34. The van der Waals surface area contributed by atoms with Crippen molar-refractivity contribution in [2.24, 2.45) is 11.3 Å². The fourth-order valence-electron chi connectivity index (χ4n) is 3.74. The van der Waals surface area contributed by atoms with Gasteiger partial charge in [-0.15, -0.1) is 0 Å².